The topological polar surface area (TPSA) is 55.7 Å². The average Bonchev–Trinajstić information content (AvgIpc) is 3.10. The molecule has 0 spiro atoms. The highest BCUT2D eigenvalue weighted by molar-refractivity contribution is 5.91. The summed E-state index contributed by atoms with van der Waals surface area (Å²) in [5.74, 6) is 1.10. The molecule has 0 bridgehead atoms. The Bertz CT molecular complexity index is 1110. The molecule has 2 aromatic carbocycles. The molecule has 1 atom stereocenters. The van der Waals surface area contributed by atoms with Gasteiger partial charge in [0.15, 0.2) is 0 Å². The van der Waals surface area contributed by atoms with Gasteiger partial charge in [0.25, 0.3) is 0 Å². The molecule has 4 rings (SSSR count). The van der Waals surface area contributed by atoms with E-state index in [1.165, 1.54) is 16.8 Å². The Morgan fingerprint density at radius 3 is 2.79 bits per heavy atom. The smallest absolute Gasteiger partial charge is 0.149 e. The van der Waals surface area contributed by atoms with E-state index in [2.05, 4.69) is 67.7 Å². The van der Waals surface area contributed by atoms with E-state index in [-0.39, 0.29) is 5.54 Å². The van der Waals surface area contributed by atoms with Crippen LogP contribution in [-0.2, 0) is 0 Å². The Hall–Kier alpha value is -3.06. The number of imidazole rings is 1. The van der Waals surface area contributed by atoms with E-state index in [0.29, 0.717) is 17.3 Å². The van der Waals surface area contributed by atoms with Crippen molar-refractivity contribution in [1.29, 1.82) is 5.26 Å². The Balaban J connectivity index is 1.81. The van der Waals surface area contributed by atoms with Crippen molar-refractivity contribution in [3.8, 4) is 6.07 Å². The van der Waals surface area contributed by atoms with Gasteiger partial charge in [0.1, 0.15) is 11.9 Å². The molecule has 1 aromatic heterocycles. The molecule has 3 aromatic rings. The molecule has 2 heterocycles. The summed E-state index contributed by atoms with van der Waals surface area (Å²) in [5, 5.41) is 9.81. The Kier molecular flexibility index (Phi) is 4.70. The van der Waals surface area contributed by atoms with Gasteiger partial charge >= 0.3 is 0 Å². The maximum atomic E-state index is 9.81. The van der Waals surface area contributed by atoms with Gasteiger partial charge in [-0.1, -0.05) is 19.1 Å². The number of H-pyrrole nitrogens is 1. The molecule has 4 nitrogen and oxygen atoms in total. The van der Waals surface area contributed by atoms with Crippen LogP contribution in [0.2, 0.25) is 0 Å². The Morgan fingerprint density at radius 1 is 1.34 bits per heavy atom. The lowest BCUT2D eigenvalue weighted by atomic mass is 9.79. The summed E-state index contributed by atoms with van der Waals surface area (Å²) >= 11 is 0. The van der Waals surface area contributed by atoms with Crippen LogP contribution < -0.4 is 4.90 Å². The second kappa shape index (κ2) is 7.08. The third kappa shape index (κ3) is 3.31. The lowest BCUT2D eigenvalue weighted by Gasteiger charge is -2.47. The van der Waals surface area contributed by atoms with Crippen molar-refractivity contribution in [3.05, 3.63) is 58.9 Å². The number of hydrogen-bond donors (Lipinski definition) is 1. The molecule has 29 heavy (non-hydrogen) atoms. The number of nitriles is 1. The molecule has 148 valence electrons. The minimum Gasteiger partial charge on any atom is -0.366 e. The zero-order chi connectivity index (χ0) is 20.8. The summed E-state index contributed by atoms with van der Waals surface area (Å²) in [6, 6.07) is 14.8. The van der Waals surface area contributed by atoms with Gasteiger partial charge in [-0.3, -0.25) is 0 Å². The standard InChI is InChI=1S/C25H28N4/c1-6-29-23-11-16(2)18(13-20(23)17(3)14-25(29,4)5)12-19(15-26)24-27-21-9-7-8-10-22(21)28-24/h7-13,17H,6,14H2,1-5H3,(H,27,28)/b19-12-. The zero-order valence-corrected chi connectivity index (χ0v) is 17.9. The number of benzene rings is 2. The van der Waals surface area contributed by atoms with Gasteiger partial charge in [0.05, 0.1) is 16.6 Å². The van der Waals surface area contributed by atoms with Crippen LogP contribution in [0.5, 0.6) is 0 Å². The van der Waals surface area contributed by atoms with Crippen LogP contribution in [-0.4, -0.2) is 22.1 Å². The second-order valence-corrected chi connectivity index (χ2v) is 8.70. The molecule has 0 saturated heterocycles. The number of allylic oxidation sites excluding steroid dienone is 1. The number of nitrogens with one attached hydrogen (secondary N) is 1. The van der Waals surface area contributed by atoms with Gasteiger partial charge in [-0.15, -0.1) is 0 Å². The molecule has 0 aliphatic carbocycles. The third-order valence-corrected chi connectivity index (χ3v) is 6.15. The Morgan fingerprint density at radius 2 is 2.10 bits per heavy atom. The summed E-state index contributed by atoms with van der Waals surface area (Å²) in [6.07, 6.45) is 3.09. The number of para-hydroxylation sites is 2. The lowest BCUT2D eigenvalue weighted by molar-refractivity contribution is 0.381. The highest BCUT2D eigenvalue weighted by Gasteiger charge is 2.35. The average molecular weight is 385 g/mol. The summed E-state index contributed by atoms with van der Waals surface area (Å²) in [5.41, 5.74) is 7.48. The number of aromatic amines is 1. The minimum atomic E-state index is 0.150. The molecule has 1 unspecified atom stereocenters. The van der Waals surface area contributed by atoms with E-state index >= 15 is 0 Å². The van der Waals surface area contributed by atoms with Crippen LogP contribution in [0.4, 0.5) is 5.69 Å². The summed E-state index contributed by atoms with van der Waals surface area (Å²) in [4.78, 5) is 10.4. The fourth-order valence-corrected chi connectivity index (χ4v) is 4.79. The summed E-state index contributed by atoms with van der Waals surface area (Å²) in [7, 11) is 0. The van der Waals surface area contributed by atoms with Gasteiger partial charge in [-0.05, 0) is 87.1 Å². The molecule has 0 fully saturated rings. The van der Waals surface area contributed by atoms with Crippen molar-refractivity contribution in [1.82, 2.24) is 9.97 Å². The predicted molar refractivity (Wildman–Crippen MR) is 121 cm³/mol. The van der Waals surface area contributed by atoms with E-state index < -0.39 is 0 Å². The first-order chi connectivity index (χ1) is 13.8. The summed E-state index contributed by atoms with van der Waals surface area (Å²) < 4.78 is 0. The molecular formula is C25H28N4. The number of aryl methyl sites for hydroxylation is 1. The van der Waals surface area contributed by atoms with Crippen LogP contribution in [0.1, 0.15) is 62.5 Å². The van der Waals surface area contributed by atoms with E-state index in [4.69, 9.17) is 0 Å². The first-order valence-electron chi connectivity index (χ1n) is 10.3. The third-order valence-electron chi connectivity index (χ3n) is 6.15. The number of nitrogens with zero attached hydrogens (tertiary/aromatic N) is 3. The van der Waals surface area contributed by atoms with Crippen LogP contribution in [0.15, 0.2) is 36.4 Å². The second-order valence-electron chi connectivity index (χ2n) is 8.70. The van der Waals surface area contributed by atoms with Crippen molar-refractivity contribution in [2.75, 3.05) is 11.4 Å². The quantitative estimate of drug-likeness (QED) is 0.559. The van der Waals surface area contributed by atoms with Gasteiger partial charge < -0.3 is 9.88 Å². The van der Waals surface area contributed by atoms with E-state index in [1.54, 1.807) is 0 Å². The van der Waals surface area contributed by atoms with Gasteiger partial charge in [0.2, 0.25) is 0 Å². The molecule has 1 aliphatic rings. The monoisotopic (exact) mass is 384 g/mol. The lowest BCUT2D eigenvalue weighted by Crippen LogP contribution is -2.48. The van der Waals surface area contributed by atoms with Crippen LogP contribution in [0, 0.1) is 18.3 Å². The van der Waals surface area contributed by atoms with Crippen LogP contribution in [0.25, 0.3) is 22.7 Å². The number of anilines is 1. The number of rotatable bonds is 3. The molecule has 1 N–H and O–H groups in total. The predicted octanol–water partition coefficient (Wildman–Crippen LogP) is 6.05. The molecule has 0 amide bonds. The van der Waals surface area contributed by atoms with Crippen molar-refractivity contribution >= 4 is 28.4 Å². The highest BCUT2D eigenvalue weighted by Crippen LogP contribution is 2.44. The SMILES string of the molecule is CCN1c2cc(C)c(/C=C(/C#N)c3nc4ccccc4[nH]3)cc2C(C)CC1(C)C. The number of hydrogen-bond acceptors (Lipinski definition) is 3. The fourth-order valence-electron chi connectivity index (χ4n) is 4.79. The maximum Gasteiger partial charge on any atom is 0.149 e. The molecule has 0 radical (unpaired) electrons. The highest BCUT2D eigenvalue weighted by atomic mass is 15.2. The minimum absolute atomic E-state index is 0.150. The number of aromatic nitrogens is 2. The van der Waals surface area contributed by atoms with Crippen molar-refractivity contribution in [2.24, 2.45) is 0 Å². The first-order valence-corrected chi connectivity index (χ1v) is 10.3. The van der Waals surface area contributed by atoms with Crippen LogP contribution in [0.3, 0.4) is 0 Å². The fraction of sp³-hybridized carbons (Fsp3) is 0.360. The first kappa shape index (κ1) is 19.3. The van der Waals surface area contributed by atoms with Gasteiger partial charge in [0, 0.05) is 17.8 Å². The van der Waals surface area contributed by atoms with Crippen molar-refractivity contribution in [3.63, 3.8) is 0 Å². The van der Waals surface area contributed by atoms with Gasteiger partial charge in [-0.25, -0.2) is 4.98 Å². The van der Waals surface area contributed by atoms with Crippen LogP contribution >= 0.6 is 0 Å². The molecule has 0 saturated carbocycles. The largest absolute Gasteiger partial charge is 0.366 e. The molecule has 1 aliphatic heterocycles. The molecule has 4 heteroatoms. The van der Waals surface area contributed by atoms with Crippen molar-refractivity contribution < 1.29 is 0 Å². The number of fused-ring (bicyclic) bond motifs is 2. The van der Waals surface area contributed by atoms with E-state index in [9.17, 15) is 5.26 Å². The normalized spacial score (nSPS) is 18.6. The maximum absolute atomic E-state index is 9.81. The summed E-state index contributed by atoms with van der Waals surface area (Å²) in [6.45, 7) is 12.3. The van der Waals surface area contributed by atoms with Gasteiger partial charge in [-0.2, -0.15) is 5.26 Å². The van der Waals surface area contributed by atoms with Crippen molar-refractivity contribution in [2.45, 2.75) is 52.5 Å². The Labute approximate surface area is 172 Å². The van der Waals surface area contributed by atoms with E-state index in [0.717, 1.165) is 29.6 Å². The zero-order valence-electron chi connectivity index (χ0n) is 17.9. The molecular weight excluding hydrogens is 356 g/mol. The van der Waals surface area contributed by atoms with E-state index in [1.807, 2.05) is 30.3 Å².